The van der Waals surface area contributed by atoms with E-state index in [1.165, 1.54) is 37.8 Å². The summed E-state index contributed by atoms with van der Waals surface area (Å²) in [5.74, 6) is 0. The minimum Gasteiger partial charge on any atom is -0.103 e. The van der Waals surface area contributed by atoms with Crippen LogP contribution in [0, 0.1) is 0 Å². The van der Waals surface area contributed by atoms with Gasteiger partial charge in [0.25, 0.3) is 0 Å². The lowest BCUT2D eigenvalue weighted by atomic mass is 10.4. The zero-order chi connectivity index (χ0) is 9.57. The number of allylic oxidation sites excluding steroid dienone is 2. The Morgan fingerprint density at radius 2 is 1.38 bits per heavy atom. The molecule has 74 valence electrons. The van der Waals surface area contributed by atoms with Crippen molar-refractivity contribution in [1.29, 1.82) is 0 Å². The van der Waals surface area contributed by atoms with Crippen LogP contribution in [0.15, 0.2) is 25.3 Å². The van der Waals surface area contributed by atoms with Crippen LogP contribution in [0.1, 0.15) is 25.7 Å². The quantitative estimate of drug-likeness (QED) is 0.435. The van der Waals surface area contributed by atoms with Gasteiger partial charge in [-0.1, -0.05) is 49.2 Å². The molecule has 0 aliphatic carbocycles. The highest BCUT2D eigenvalue weighted by Gasteiger charge is 2.34. The molecule has 0 nitrogen and oxygen atoms in total. The maximum Gasteiger partial charge on any atom is 0.0541 e. The smallest absolute Gasteiger partial charge is 0.0541 e. The van der Waals surface area contributed by atoms with E-state index in [1.54, 1.807) is 12.1 Å². The third kappa shape index (κ3) is 3.15. The normalized spacial score (nSPS) is 20.0. The van der Waals surface area contributed by atoms with Crippen LogP contribution < -0.4 is 0 Å². The van der Waals surface area contributed by atoms with Crippen LogP contribution in [0.4, 0.5) is 0 Å². The van der Waals surface area contributed by atoms with E-state index >= 15 is 0 Å². The average Bonchev–Trinajstić information content (AvgIpc) is 2.61. The predicted molar refractivity (Wildman–Crippen MR) is 63.8 cm³/mol. The Bertz CT molecular complexity index is 152. The van der Waals surface area contributed by atoms with Crippen LogP contribution in [0.25, 0.3) is 0 Å². The molecule has 1 fully saturated rings. The lowest BCUT2D eigenvalue weighted by Crippen LogP contribution is -2.29. The predicted octanol–water partition coefficient (Wildman–Crippen LogP) is 4.38. The van der Waals surface area contributed by atoms with Crippen LogP contribution >= 0.6 is 0 Å². The van der Waals surface area contributed by atoms with Crippen molar-refractivity contribution in [3.8, 4) is 0 Å². The monoisotopic (exact) mass is 194 g/mol. The van der Waals surface area contributed by atoms with Crippen molar-refractivity contribution >= 4 is 8.07 Å². The molecule has 0 amide bonds. The second-order valence-corrected chi connectivity index (χ2v) is 9.36. The van der Waals surface area contributed by atoms with Crippen LogP contribution in [-0.4, -0.2) is 8.07 Å². The summed E-state index contributed by atoms with van der Waals surface area (Å²) in [6.45, 7) is 7.67. The summed E-state index contributed by atoms with van der Waals surface area (Å²) >= 11 is 0. The van der Waals surface area contributed by atoms with E-state index in [2.05, 4.69) is 25.3 Å². The molecule has 1 heteroatoms. The first-order valence-corrected chi connectivity index (χ1v) is 8.38. The topological polar surface area (TPSA) is 0 Å². The Hall–Kier alpha value is -0.303. The highest BCUT2D eigenvalue weighted by molar-refractivity contribution is 6.80. The first kappa shape index (κ1) is 10.8. The van der Waals surface area contributed by atoms with E-state index in [0.29, 0.717) is 0 Å². The van der Waals surface area contributed by atoms with Crippen LogP contribution in [0.5, 0.6) is 0 Å². The third-order valence-corrected chi connectivity index (χ3v) is 8.95. The Morgan fingerprint density at radius 3 is 1.77 bits per heavy atom. The maximum absolute atomic E-state index is 3.84. The van der Waals surface area contributed by atoms with Gasteiger partial charge in [0.1, 0.15) is 0 Å². The summed E-state index contributed by atoms with van der Waals surface area (Å²) in [7, 11) is -0.817. The minimum absolute atomic E-state index is 0.817. The van der Waals surface area contributed by atoms with Gasteiger partial charge in [0.05, 0.1) is 8.07 Å². The van der Waals surface area contributed by atoms with Gasteiger partial charge in [0.2, 0.25) is 0 Å². The molecule has 1 rings (SSSR count). The maximum atomic E-state index is 3.84. The SMILES string of the molecule is C=CCC[Si]1(CCC=C)CCCC1. The zero-order valence-electron chi connectivity index (χ0n) is 8.73. The molecule has 13 heavy (non-hydrogen) atoms. The van der Waals surface area contributed by atoms with Crippen LogP contribution in [-0.2, 0) is 0 Å². The fraction of sp³-hybridized carbons (Fsp3) is 0.667. The van der Waals surface area contributed by atoms with E-state index in [0.717, 1.165) is 0 Å². The number of hydrogen-bond acceptors (Lipinski definition) is 0. The zero-order valence-corrected chi connectivity index (χ0v) is 9.73. The van der Waals surface area contributed by atoms with Crippen molar-refractivity contribution < 1.29 is 0 Å². The van der Waals surface area contributed by atoms with Gasteiger partial charge in [0.15, 0.2) is 0 Å². The summed E-state index contributed by atoms with van der Waals surface area (Å²) in [4.78, 5) is 0. The van der Waals surface area contributed by atoms with Gasteiger partial charge in [-0.2, -0.15) is 0 Å². The van der Waals surface area contributed by atoms with Crippen molar-refractivity contribution in [3.05, 3.63) is 25.3 Å². The van der Waals surface area contributed by atoms with E-state index in [-0.39, 0.29) is 0 Å². The number of hydrogen-bond donors (Lipinski definition) is 0. The van der Waals surface area contributed by atoms with E-state index in [4.69, 9.17) is 0 Å². The van der Waals surface area contributed by atoms with E-state index in [9.17, 15) is 0 Å². The molecule has 0 aromatic heterocycles. The molecule has 0 spiro atoms. The minimum atomic E-state index is -0.817. The van der Waals surface area contributed by atoms with Crippen LogP contribution in [0.2, 0.25) is 24.2 Å². The molecule has 0 aromatic rings. The Kier molecular flexibility index (Phi) is 4.50. The summed E-state index contributed by atoms with van der Waals surface area (Å²) in [5.41, 5.74) is 0. The van der Waals surface area contributed by atoms with Gasteiger partial charge >= 0.3 is 0 Å². The standard InChI is InChI=1S/C12H22Si/c1-3-5-9-13(10-6-4-2)11-7-8-12-13/h3-4H,1-2,5-12H2. The molecule has 1 saturated heterocycles. The van der Waals surface area contributed by atoms with Crippen molar-refractivity contribution in [2.24, 2.45) is 0 Å². The molecule has 0 aromatic carbocycles. The molecular weight excluding hydrogens is 172 g/mol. The van der Waals surface area contributed by atoms with E-state index < -0.39 is 8.07 Å². The largest absolute Gasteiger partial charge is 0.103 e. The fourth-order valence-corrected chi connectivity index (χ4v) is 7.70. The Balaban J connectivity index is 2.41. The second-order valence-electron chi connectivity index (χ2n) is 4.36. The fourth-order valence-electron chi connectivity index (χ4n) is 2.57. The first-order valence-electron chi connectivity index (χ1n) is 5.55. The molecule has 1 aliphatic rings. The molecule has 0 radical (unpaired) electrons. The van der Waals surface area contributed by atoms with Gasteiger partial charge in [0, 0.05) is 0 Å². The van der Waals surface area contributed by atoms with Gasteiger partial charge in [-0.05, 0) is 12.8 Å². The van der Waals surface area contributed by atoms with Gasteiger partial charge < -0.3 is 0 Å². The van der Waals surface area contributed by atoms with Gasteiger partial charge in [-0.15, -0.1) is 13.2 Å². The highest BCUT2D eigenvalue weighted by atomic mass is 28.3. The van der Waals surface area contributed by atoms with Crippen LogP contribution in [0.3, 0.4) is 0 Å². The summed E-state index contributed by atoms with van der Waals surface area (Å²) < 4.78 is 0. The summed E-state index contributed by atoms with van der Waals surface area (Å²) in [5, 5.41) is 0. The molecule has 1 aliphatic heterocycles. The highest BCUT2D eigenvalue weighted by Crippen LogP contribution is 2.38. The molecule has 0 saturated carbocycles. The average molecular weight is 194 g/mol. The Morgan fingerprint density at radius 1 is 0.923 bits per heavy atom. The number of rotatable bonds is 6. The summed E-state index contributed by atoms with van der Waals surface area (Å²) in [6.07, 6.45) is 9.70. The summed E-state index contributed by atoms with van der Waals surface area (Å²) in [6, 6.07) is 6.14. The second kappa shape index (κ2) is 5.43. The molecular formula is C12H22Si. The lowest BCUT2D eigenvalue weighted by Gasteiger charge is -2.25. The van der Waals surface area contributed by atoms with Crippen molar-refractivity contribution in [2.75, 3.05) is 0 Å². The molecule has 0 atom stereocenters. The lowest BCUT2D eigenvalue weighted by molar-refractivity contribution is 0.935. The molecule has 0 bridgehead atoms. The third-order valence-electron chi connectivity index (χ3n) is 3.42. The molecule has 0 N–H and O–H groups in total. The first-order chi connectivity index (χ1) is 6.33. The van der Waals surface area contributed by atoms with Gasteiger partial charge in [-0.25, -0.2) is 0 Å². The Labute approximate surface area is 83.7 Å². The molecule has 0 unspecified atom stereocenters. The van der Waals surface area contributed by atoms with Gasteiger partial charge in [-0.3, -0.25) is 0 Å². The van der Waals surface area contributed by atoms with Crippen molar-refractivity contribution in [1.82, 2.24) is 0 Å². The van der Waals surface area contributed by atoms with Crippen molar-refractivity contribution in [2.45, 2.75) is 49.9 Å². The van der Waals surface area contributed by atoms with E-state index in [1.807, 2.05) is 0 Å². The molecule has 1 heterocycles. The van der Waals surface area contributed by atoms with Crippen molar-refractivity contribution in [3.63, 3.8) is 0 Å².